The van der Waals surface area contributed by atoms with Gasteiger partial charge in [0, 0.05) is 11.8 Å². The van der Waals surface area contributed by atoms with Crippen molar-refractivity contribution >= 4 is 16.9 Å². The van der Waals surface area contributed by atoms with E-state index in [1.807, 2.05) is 18.2 Å². The molecule has 30 heavy (non-hydrogen) atoms. The van der Waals surface area contributed by atoms with E-state index >= 15 is 0 Å². The van der Waals surface area contributed by atoms with Crippen molar-refractivity contribution in [3.05, 3.63) is 65.7 Å². The molecule has 3 heterocycles. The fourth-order valence-electron chi connectivity index (χ4n) is 3.71. The number of methoxy groups -OCH3 is 1. The van der Waals surface area contributed by atoms with Crippen LogP contribution in [0.15, 0.2) is 48.8 Å². The molecule has 8 heteroatoms. The Morgan fingerprint density at radius 2 is 2.10 bits per heavy atom. The highest BCUT2D eigenvalue weighted by atomic mass is 16.5. The molecule has 2 aromatic carbocycles. The third kappa shape index (κ3) is 3.12. The quantitative estimate of drug-likeness (QED) is 0.506. The van der Waals surface area contributed by atoms with Crippen LogP contribution in [-0.2, 0) is 11.2 Å². The molecule has 2 N–H and O–H groups in total. The lowest BCUT2D eigenvalue weighted by Gasteiger charge is -2.25. The van der Waals surface area contributed by atoms with Crippen LogP contribution in [0.2, 0.25) is 0 Å². The van der Waals surface area contributed by atoms with E-state index in [0.717, 1.165) is 22.4 Å². The first-order valence-corrected chi connectivity index (χ1v) is 9.46. The summed E-state index contributed by atoms with van der Waals surface area (Å²) in [4.78, 5) is 20.8. The highest BCUT2D eigenvalue weighted by Gasteiger charge is 2.26. The van der Waals surface area contributed by atoms with Crippen LogP contribution in [0, 0.1) is 0 Å². The Morgan fingerprint density at radius 1 is 1.20 bits per heavy atom. The molecule has 4 aromatic rings. The predicted molar refractivity (Wildman–Crippen MR) is 109 cm³/mol. The molecule has 0 saturated carbocycles. The maximum absolute atomic E-state index is 11.8. The monoisotopic (exact) mass is 402 g/mol. The molecule has 0 saturated heterocycles. The van der Waals surface area contributed by atoms with Gasteiger partial charge in [0.1, 0.15) is 11.6 Å². The van der Waals surface area contributed by atoms with Crippen molar-refractivity contribution in [2.45, 2.75) is 12.3 Å². The molecule has 5 rings (SSSR count). The van der Waals surface area contributed by atoms with E-state index in [4.69, 9.17) is 9.47 Å². The molecule has 150 valence electrons. The second-order valence-corrected chi connectivity index (χ2v) is 7.15. The Bertz CT molecular complexity index is 1250. The Kier molecular flexibility index (Phi) is 4.31. The van der Waals surface area contributed by atoms with E-state index in [-0.39, 0.29) is 11.8 Å². The van der Waals surface area contributed by atoms with Crippen LogP contribution < -0.4 is 4.74 Å². The minimum Gasteiger partial charge on any atom is -0.493 e. The van der Waals surface area contributed by atoms with E-state index in [2.05, 4.69) is 20.2 Å². The number of nitrogens with zero attached hydrogens (tertiary/aromatic N) is 3. The summed E-state index contributed by atoms with van der Waals surface area (Å²) in [5, 5.41) is 17.9. The first-order chi connectivity index (χ1) is 14.6. The van der Waals surface area contributed by atoms with E-state index in [1.54, 1.807) is 30.6 Å². The van der Waals surface area contributed by atoms with Gasteiger partial charge in [0.15, 0.2) is 0 Å². The molecule has 1 atom stereocenters. The Balaban J connectivity index is 1.48. The number of hydrogen-bond acceptors (Lipinski definition) is 7. The second kappa shape index (κ2) is 7.14. The van der Waals surface area contributed by atoms with Gasteiger partial charge < -0.3 is 14.6 Å². The molecule has 1 unspecified atom stereocenters. The molecular weight excluding hydrogens is 384 g/mol. The summed E-state index contributed by atoms with van der Waals surface area (Å²) in [7, 11) is 1.35. The van der Waals surface area contributed by atoms with Gasteiger partial charge >= 0.3 is 5.97 Å². The minimum atomic E-state index is -0.395. The van der Waals surface area contributed by atoms with Gasteiger partial charge in [0.2, 0.25) is 5.88 Å². The SMILES string of the molecule is COC(=O)c1ccc2c(c1)CC(c1nc(O)c3cc(-c4cn[nH]c4)ccc3n1)CO2. The maximum atomic E-state index is 11.8. The zero-order valence-electron chi connectivity index (χ0n) is 16.1. The number of aromatic nitrogens is 4. The lowest BCUT2D eigenvalue weighted by Crippen LogP contribution is -2.21. The number of carbonyl (C=O) groups excluding carboxylic acids is 1. The number of fused-ring (bicyclic) bond motifs is 2. The average molecular weight is 402 g/mol. The molecule has 8 nitrogen and oxygen atoms in total. The highest BCUT2D eigenvalue weighted by Crippen LogP contribution is 2.34. The fraction of sp³-hybridized carbons (Fsp3) is 0.182. The zero-order valence-corrected chi connectivity index (χ0v) is 16.1. The van der Waals surface area contributed by atoms with Crippen molar-refractivity contribution in [3.63, 3.8) is 0 Å². The standard InChI is InChI=1S/C22H18N4O4/c1-29-22(28)13-3-5-19-14(6-13)7-15(11-30-19)20-25-18-4-2-12(16-9-23-24-10-16)8-17(18)21(27)26-20/h2-6,8-10,15H,7,11H2,1H3,(H,23,24)(H,25,26,27). The van der Waals surface area contributed by atoms with E-state index in [1.165, 1.54) is 7.11 Å². The van der Waals surface area contributed by atoms with Crippen LogP contribution in [0.4, 0.5) is 0 Å². The predicted octanol–water partition coefficient (Wildman–Crippen LogP) is 3.23. The minimum absolute atomic E-state index is 0.0746. The number of carbonyl (C=O) groups is 1. The number of hydrogen-bond donors (Lipinski definition) is 2. The fourth-order valence-corrected chi connectivity index (χ4v) is 3.71. The first-order valence-electron chi connectivity index (χ1n) is 9.46. The van der Waals surface area contributed by atoms with Gasteiger partial charge in [-0.15, -0.1) is 0 Å². The Morgan fingerprint density at radius 3 is 2.90 bits per heavy atom. The van der Waals surface area contributed by atoms with Crippen LogP contribution in [-0.4, -0.2) is 45.0 Å². The lowest BCUT2D eigenvalue weighted by molar-refractivity contribution is 0.0600. The highest BCUT2D eigenvalue weighted by molar-refractivity contribution is 5.90. The van der Waals surface area contributed by atoms with Gasteiger partial charge in [-0.3, -0.25) is 5.10 Å². The smallest absolute Gasteiger partial charge is 0.337 e. The number of esters is 1. The van der Waals surface area contributed by atoms with Gasteiger partial charge in [0.25, 0.3) is 0 Å². The van der Waals surface area contributed by atoms with E-state index < -0.39 is 5.97 Å². The van der Waals surface area contributed by atoms with Crippen LogP contribution in [0.5, 0.6) is 11.6 Å². The maximum Gasteiger partial charge on any atom is 0.337 e. The molecule has 0 fully saturated rings. The molecule has 1 aliphatic heterocycles. The summed E-state index contributed by atoms with van der Waals surface area (Å²) in [5.74, 6) is 0.621. The van der Waals surface area contributed by atoms with Gasteiger partial charge in [-0.1, -0.05) is 6.07 Å². The number of aromatic hydroxyl groups is 1. The molecule has 0 aliphatic carbocycles. The van der Waals surface area contributed by atoms with E-state index in [9.17, 15) is 9.90 Å². The summed E-state index contributed by atoms with van der Waals surface area (Å²) in [5.41, 5.74) is 3.83. The molecular formula is C22H18N4O4. The normalized spacial score (nSPS) is 15.4. The van der Waals surface area contributed by atoms with Crippen molar-refractivity contribution < 1.29 is 19.4 Å². The first kappa shape index (κ1) is 18.1. The van der Waals surface area contributed by atoms with Crippen LogP contribution in [0.1, 0.15) is 27.7 Å². The van der Waals surface area contributed by atoms with E-state index in [0.29, 0.717) is 35.3 Å². The molecule has 0 spiro atoms. The number of benzene rings is 2. The summed E-state index contributed by atoms with van der Waals surface area (Å²) in [6.07, 6.45) is 4.10. The second-order valence-electron chi connectivity index (χ2n) is 7.15. The number of ether oxygens (including phenoxy) is 2. The molecule has 0 amide bonds. The number of nitrogens with one attached hydrogen (secondary N) is 1. The van der Waals surface area contributed by atoms with Crippen LogP contribution in [0.25, 0.3) is 22.0 Å². The van der Waals surface area contributed by atoms with Gasteiger partial charge in [-0.25, -0.2) is 9.78 Å². The van der Waals surface area contributed by atoms with Crippen molar-refractivity contribution in [1.82, 2.24) is 20.2 Å². The number of rotatable bonds is 3. The molecule has 1 aliphatic rings. The average Bonchev–Trinajstić information content (AvgIpc) is 3.32. The molecule has 0 radical (unpaired) electrons. The Labute approximate surface area is 171 Å². The zero-order chi connectivity index (χ0) is 20.7. The number of H-pyrrole nitrogens is 1. The van der Waals surface area contributed by atoms with Crippen LogP contribution >= 0.6 is 0 Å². The third-order valence-electron chi connectivity index (χ3n) is 5.28. The third-order valence-corrected chi connectivity index (χ3v) is 5.28. The van der Waals surface area contributed by atoms with Gasteiger partial charge in [-0.2, -0.15) is 10.1 Å². The van der Waals surface area contributed by atoms with Crippen molar-refractivity contribution in [2.75, 3.05) is 13.7 Å². The summed E-state index contributed by atoms with van der Waals surface area (Å²) in [6.45, 7) is 0.391. The van der Waals surface area contributed by atoms with Crippen LogP contribution in [0.3, 0.4) is 0 Å². The molecule has 0 bridgehead atoms. The van der Waals surface area contributed by atoms with Crippen molar-refractivity contribution in [3.8, 4) is 22.8 Å². The number of aromatic amines is 1. The van der Waals surface area contributed by atoms with Crippen molar-refractivity contribution in [1.29, 1.82) is 0 Å². The summed E-state index contributed by atoms with van der Waals surface area (Å²) < 4.78 is 10.7. The molecule has 2 aromatic heterocycles. The van der Waals surface area contributed by atoms with Crippen molar-refractivity contribution in [2.24, 2.45) is 0 Å². The topological polar surface area (TPSA) is 110 Å². The lowest BCUT2D eigenvalue weighted by atomic mass is 9.94. The van der Waals surface area contributed by atoms with Gasteiger partial charge in [-0.05, 0) is 47.9 Å². The summed E-state index contributed by atoms with van der Waals surface area (Å²) in [6, 6.07) is 10.9. The van der Waals surface area contributed by atoms with Gasteiger partial charge in [0.05, 0.1) is 42.3 Å². The summed E-state index contributed by atoms with van der Waals surface area (Å²) >= 11 is 0. The Hall–Kier alpha value is -3.94. The largest absolute Gasteiger partial charge is 0.493 e.